The lowest BCUT2D eigenvalue weighted by Crippen LogP contribution is -2.14. The predicted molar refractivity (Wildman–Crippen MR) is 88.4 cm³/mol. The average molecular weight is 360 g/mol. The highest BCUT2D eigenvalue weighted by atomic mass is 79.9. The van der Waals surface area contributed by atoms with Gasteiger partial charge in [-0.3, -0.25) is 0 Å². The van der Waals surface area contributed by atoms with Crippen LogP contribution in [0.3, 0.4) is 0 Å². The molecule has 0 aliphatic heterocycles. The first-order chi connectivity index (χ1) is 9.93. The zero-order chi connectivity index (χ0) is 15.8. The van der Waals surface area contributed by atoms with Gasteiger partial charge < -0.3 is 9.64 Å². The quantitative estimate of drug-likeness (QED) is 0.395. The Bertz CT molecular complexity index is 480. The summed E-state index contributed by atoms with van der Waals surface area (Å²) in [6.07, 6.45) is 2.16. The topological polar surface area (TPSA) is 37.7 Å². The molecule has 0 aliphatic rings. The number of hydrogen-bond donors (Lipinski definition) is 0. The van der Waals surface area contributed by atoms with Crippen molar-refractivity contribution in [2.24, 2.45) is 4.99 Å². The Balaban J connectivity index is 2.68. The van der Waals surface area contributed by atoms with Crippen molar-refractivity contribution in [1.82, 2.24) is 9.88 Å². The lowest BCUT2D eigenvalue weighted by atomic mass is 10.2. The Labute approximate surface area is 134 Å². The molecule has 0 amide bonds. The lowest BCUT2D eigenvalue weighted by Gasteiger charge is -2.11. The number of nitrogens with zero attached hydrogens (tertiary/aromatic N) is 3. The van der Waals surface area contributed by atoms with Gasteiger partial charge in [-0.1, -0.05) is 0 Å². The smallest absolute Gasteiger partial charge is 0.228 e. The van der Waals surface area contributed by atoms with Crippen LogP contribution < -0.4 is 4.74 Å². The standard InChI is InChI=1S/C15H23BrFN3O/c1-5-20(4)10-18-14-9-13(16)15(19-12(14)3)21-8-6-7-11(2)17/h9-11H,5-8H2,1-4H3. The third-order valence-corrected chi connectivity index (χ3v) is 3.55. The summed E-state index contributed by atoms with van der Waals surface area (Å²) in [6.45, 7) is 6.86. The van der Waals surface area contributed by atoms with Crippen LogP contribution in [0.1, 0.15) is 32.4 Å². The van der Waals surface area contributed by atoms with Crippen molar-refractivity contribution < 1.29 is 9.13 Å². The minimum atomic E-state index is -0.793. The molecule has 1 atom stereocenters. The second-order valence-corrected chi connectivity index (χ2v) is 5.82. The molecule has 1 aromatic heterocycles. The average Bonchev–Trinajstić information content (AvgIpc) is 2.44. The predicted octanol–water partition coefficient (Wildman–Crippen LogP) is 4.28. The molecule has 0 saturated carbocycles. The van der Waals surface area contributed by atoms with Gasteiger partial charge in [-0.25, -0.2) is 14.4 Å². The van der Waals surface area contributed by atoms with E-state index in [0.717, 1.165) is 22.4 Å². The summed E-state index contributed by atoms with van der Waals surface area (Å²) in [5, 5.41) is 0. The van der Waals surface area contributed by atoms with Crippen LogP contribution >= 0.6 is 15.9 Å². The van der Waals surface area contributed by atoms with E-state index in [-0.39, 0.29) is 0 Å². The number of ether oxygens (including phenoxy) is 1. The van der Waals surface area contributed by atoms with Crippen LogP contribution in [0.5, 0.6) is 5.88 Å². The number of hydrogen-bond acceptors (Lipinski definition) is 3. The molecule has 1 aromatic rings. The molecule has 4 nitrogen and oxygen atoms in total. The van der Waals surface area contributed by atoms with Gasteiger partial charge >= 0.3 is 0 Å². The number of pyridine rings is 1. The van der Waals surface area contributed by atoms with Crippen LogP contribution in [0.4, 0.5) is 10.1 Å². The molecular weight excluding hydrogens is 337 g/mol. The molecule has 0 aromatic carbocycles. The maximum Gasteiger partial charge on any atom is 0.228 e. The van der Waals surface area contributed by atoms with Crippen LogP contribution in [0.2, 0.25) is 0 Å². The Hall–Kier alpha value is -1.17. The fourth-order valence-corrected chi connectivity index (χ4v) is 1.98. The lowest BCUT2D eigenvalue weighted by molar-refractivity contribution is 0.261. The molecule has 0 spiro atoms. The van der Waals surface area contributed by atoms with Gasteiger partial charge in [0.05, 0.1) is 35.0 Å². The van der Waals surface area contributed by atoms with Gasteiger partial charge in [0, 0.05) is 13.6 Å². The van der Waals surface area contributed by atoms with E-state index in [1.54, 1.807) is 13.3 Å². The van der Waals surface area contributed by atoms with Crippen molar-refractivity contribution in [2.75, 3.05) is 20.2 Å². The van der Waals surface area contributed by atoms with Crippen molar-refractivity contribution in [1.29, 1.82) is 0 Å². The largest absolute Gasteiger partial charge is 0.477 e. The van der Waals surface area contributed by atoms with Crippen LogP contribution in [-0.4, -0.2) is 42.6 Å². The van der Waals surface area contributed by atoms with Crippen LogP contribution in [0.25, 0.3) is 0 Å². The van der Waals surface area contributed by atoms with E-state index in [4.69, 9.17) is 4.74 Å². The molecular formula is C15H23BrFN3O. The summed E-state index contributed by atoms with van der Waals surface area (Å²) in [6, 6.07) is 1.88. The minimum absolute atomic E-state index is 0.459. The van der Waals surface area contributed by atoms with Crippen LogP contribution in [0, 0.1) is 6.92 Å². The van der Waals surface area contributed by atoms with Crippen LogP contribution in [-0.2, 0) is 0 Å². The van der Waals surface area contributed by atoms with Gasteiger partial charge in [0.25, 0.3) is 0 Å². The number of aliphatic imine (C=N–C) groups is 1. The number of rotatable bonds is 8. The third kappa shape index (κ3) is 6.42. The van der Waals surface area contributed by atoms with Gasteiger partial charge in [-0.2, -0.15) is 0 Å². The first-order valence-corrected chi connectivity index (χ1v) is 7.91. The third-order valence-electron chi connectivity index (χ3n) is 2.99. The highest BCUT2D eigenvalue weighted by molar-refractivity contribution is 9.10. The van der Waals surface area contributed by atoms with E-state index < -0.39 is 6.17 Å². The number of alkyl halides is 1. The molecule has 1 rings (SSSR count). The van der Waals surface area contributed by atoms with E-state index in [1.165, 1.54) is 0 Å². The number of aryl methyl sites for hydroxylation is 1. The Morgan fingerprint density at radius 3 is 2.90 bits per heavy atom. The van der Waals surface area contributed by atoms with E-state index in [2.05, 4.69) is 32.8 Å². The van der Waals surface area contributed by atoms with E-state index in [9.17, 15) is 4.39 Å². The number of aromatic nitrogens is 1. The van der Waals surface area contributed by atoms with Gasteiger partial charge in [0.1, 0.15) is 0 Å². The SMILES string of the molecule is CCN(C)C=Nc1cc(Br)c(OCCCC(C)F)nc1C. The van der Waals surface area contributed by atoms with Crippen molar-refractivity contribution in [3.63, 3.8) is 0 Å². The summed E-state index contributed by atoms with van der Waals surface area (Å²) in [5.74, 6) is 0.529. The van der Waals surface area contributed by atoms with Crippen molar-refractivity contribution >= 4 is 28.0 Å². The van der Waals surface area contributed by atoms with Crippen molar-refractivity contribution in [3.8, 4) is 5.88 Å². The number of halogens is 2. The van der Waals surface area contributed by atoms with Gasteiger partial charge in [0.2, 0.25) is 5.88 Å². The molecule has 0 bridgehead atoms. The molecule has 0 aliphatic carbocycles. The second-order valence-electron chi connectivity index (χ2n) is 4.97. The summed E-state index contributed by atoms with van der Waals surface area (Å²) in [7, 11) is 1.96. The van der Waals surface area contributed by atoms with Crippen molar-refractivity contribution in [3.05, 3.63) is 16.2 Å². The second kappa shape index (κ2) is 8.97. The molecule has 1 unspecified atom stereocenters. The molecule has 0 fully saturated rings. The zero-order valence-corrected chi connectivity index (χ0v) is 14.7. The summed E-state index contributed by atoms with van der Waals surface area (Å²) < 4.78 is 19.0. The summed E-state index contributed by atoms with van der Waals surface area (Å²) in [5.41, 5.74) is 1.60. The Morgan fingerprint density at radius 2 is 2.29 bits per heavy atom. The molecule has 6 heteroatoms. The first kappa shape index (κ1) is 17.9. The molecule has 118 valence electrons. The fourth-order valence-electron chi connectivity index (χ4n) is 1.56. The minimum Gasteiger partial charge on any atom is -0.477 e. The van der Waals surface area contributed by atoms with Gasteiger partial charge in [0.15, 0.2) is 0 Å². The summed E-state index contributed by atoms with van der Waals surface area (Å²) >= 11 is 3.44. The first-order valence-electron chi connectivity index (χ1n) is 7.12. The zero-order valence-electron chi connectivity index (χ0n) is 13.1. The highest BCUT2D eigenvalue weighted by Crippen LogP contribution is 2.29. The van der Waals surface area contributed by atoms with Crippen molar-refractivity contribution in [2.45, 2.75) is 39.8 Å². The normalized spacial score (nSPS) is 12.7. The molecule has 0 radical (unpaired) electrons. The fraction of sp³-hybridized carbons (Fsp3) is 0.600. The molecule has 21 heavy (non-hydrogen) atoms. The van der Waals surface area contributed by atoms with Gasteiger partial charge in [-0.15, -0.1) is 0 Å². The Morgan fingerprint density at radius 1 is 1.57 bits per heavy atom. The molecule has 0 N–H and O–H groups in total. The summed E-state index contributed by atoms with van der Waals surface area (Å²) in [4.78, 5) is 10.8. The Kier molecular flexibility index (Phi) is 7.64. The van der Waals surface area contributed by atoms with E-state index >= 15 is 0 Å². The maximum atomic E-state index is 12.7. The van der Waals surface area contributed by atoms with Gasteiger partial charge in [-0.05, 0) is 55.6 Å². The molecule has 0 saturated heterocycles. The maximum absolute atomic E-state index is 12.7. The highest BCUT2D eigenvalue weighted by Gasteiger charge is 2.08. The monoisotopic (exact) mass is 359 g/mol. The molecule has 1 heterocycles. The van der Waals surface area contributed by atoms with E-state index in [1.807, 2.05) is 24.9 Å². The van der Waals surface area contributed by atoms with Crippen LogP contribution in [0.15, 0.2) is 15.5 Å². The van der Waals surface area contributed by atoms with E-state index in [0.29, 0.717) is 25.3 Å².